The van der Waals surface area contributed by atoms with Crippen LogP contribution in [0.25, 0.3) is 10.9 Å². The van der Waals surface area contributed by atoms with Crippen LogP contribution in [-0.4, -0.2) is 46.5 Å². The molecule has 1 aliphatic rings. The van der Waals surface area contributed by atoms with Gasteiger partial charge in [0, 0.05) is 38.9 Å². The Bertz CT molecular complexity index is 1160. The number of amides is 1. The van der Waals surface area contributed by atoms with E-state index < -0.39 is 0 Å². The lowest BCUT2D eigenvalue weighted by Gasteiger charge is -2.30. The molecule has 0 aliphatic carbocycles. The van der Waals surface area contributed by atoms with Gasteiger partial charge < -0.3 is 16.0 Å². The first-order valence-electron chi connectivity index (χ1n) is 11.3. The van der Waals surface area contributed by atoms with Crippen molar-refractivity contribution in [2.24, 2.45) is 7.05 Å². The quantitative estimate of drug-likeness (QED) is 0.474. The number of hydrogen-bond acceptors (Lipinski definition) is 5. The topological polar surface area (TPSA) is 93.2 Å². The molecule has 7 heteroatoms. The lowest BCUT2D eigenvalue weighted by molar-refractivity contribution is -0.133. The van der Waals surface area contributed by atoms with Crippen LogP contribution in [0, 0.1) is 6.92 Å². The predicted molar refractivity (Wildman–Crippen MR) is 134 cm³/mol. The molecule has 1 atom stereocenters. The highest BCUT2D eigenvalue weighted by atomic mass is 16.2. The van der Waals surface area contributed by atoms with Gasteiger partial charge in [-0.1, -0.05) is 42.5 Å². The second-order valence-electron chi connectivity index (χ2n) is 8.14. The zero-order chi connectivity index (χ0) is 23.8. The maximum atomic E-state index is 12.7. The maximum absolute atomic E-state index is 12.7. The van der Waals surface area contributed by atoms with Gasteiger partial charge in [-0.3, -0.25) is 14.2 Å². The number of nitrogen functional groups attached to an aromatic ring is 1. The molecule has 0 radical (unpaired) electrons. The summed E-state index contributed by atoms with van der Waals surface area (Å²) < 4.78 is 1.52. The summed E-state index contributed by atoms with van der Waals surface area (Å²) in [7, 11) is 1.70. The summed E-state index contributed by atoms with van der Waals surface area (Å²) in [5.74, 6) is 0.911. The van der Waals surface area contributed by atoms with E-state index in [1.165, 1.54) is 4.57 Å². The summed E-state index contributed by atoms with van der Waals surface area (Å²) in [6.07, 6.45) is 4.88. The van der Waals surface area contributed by atoms with Crippen LogP contribution in [0.1, 0.15) is 30.7 Å². The van der Waals surface area contributed by atoms with E-state index in [1.54, 1.807) is 32.2 Å². The van der Waals surface area contributed by atoms with Crippen LogP contribution in [-0.2, 0) is 11.8 Å². The minimum absolute atomic E-state index is 0.0458. The second kappa shape index (κ2) is 11.4. The molecule has 2 heterocycles. The van der Waals surface area contributed by atoms with Gasteiger partial charge in [0.1, 0.15) is 5.82 Å². The molecule has 33 heavy (non-hydrogen) atoms. The number of hydrogen-bond donors (Lipinski definition) is 2. The van der Waals surface area contributed by atoms with Crippen LogP contribution >= 0.6 is 0 Å². The summed E-state index contributed by atoms with van der Waals surface area (Å²) in [5.41, 5.74) is 7.94. The van der Waals surface area contributed by atoms with Gasteiger partial charge in [-0.15, -0.1) is 0 Å². The number of rotatable bonds is 4. The third kappa shape index (κ3) is 6.08. The molecule has 1 saturated heterocycles. The Labute approximate surface area is 194 Å². The van der Waals surface area contributed by atoms with E-state index in [1.807, 2.05) is 48.2 Å². The van der Waals surface area contributed by atoms with Gasteiger partial charge in [0.05, 0.1) is 16.8 Å². The zero-order valence-electron chi connectivity index (χ0n) is 19.6. The number of nitrogens with zero attached hydrogens (tertiary/aromatic N) is 3. The second-order valence-corrected chi connectivity index (χ2v) is 8.14. The van der Waals surface area contributed by atoms with E-state index in [2.05, 4.69) is 16.4 Å². The number of carbonyl (C=O) groups is 1. The highest BCUT2D eigenvalue weighted by Crippen LogP contribution is 2.23. The summed E-state index contributed by atoms with van der Waals surface area (Å²) in [6, 6.07) is 15.3. The molecule has 3 N–H and O–H groups in total. The number of nitrogens with two attached hydrogens (primary N) is 1. The maximum Gasteiger partial charge on any atom is 0.261 e. The Morgan fingerprint density at radius 2 is 1.88 bits per heavy atom. The first-order valence-corrected chi connectivity index (χ1v) is 11.3. The van der Waals surface area contributed by atoms with E-state index in [0.717, 1.165) is 38.2 Å². The normalized spacial score (nSPS) is 14.7. The summed E-state index contributed by atoms with van der Waals surface area (Å²) in [6.45, 7) is 7.23. The molecule has 4 rings (SSSR count). The minimum Gasteiger partial charge on any atom is -0.399 e. The van der Waals surface area contributed by atoms with Crippen molar-refractivity contribution in [2.45, 2.75) is 26.2 Å². The van der Waals surface area contributed by atoms with Crippen LogP contribution in [0.3, 0.4) is 0 Å². The molecule has 1 unspecified atom stereocenters. The number of aromatic nitrogens is 2. The Morgan fingerprint density at radius 1 is 1.18 bits per heavy atom. The van der Waals surface area contributed by atoms with Crippen LogP contribution < -0.4 is 16.6 Å². The fraction of sp³-hybridized carbons (Fsp3) is 0.346. The van der Waals surface area contributed by atoms with E-state index in [4.69, 9.17) is 5.73 Å². The van der Waals surface area contributed by atoms with E-state index in [0.29, 0.717) is 22.4 Å². The largest absolute Gasteiger partial charge is 0.399 e. The lowest BCUT2D eigenvalue weighted by Crippen LogP contribution is -2.48. The van der Waals surface area contributed by atoms with Crippen molar-refractivity contribution < 1.29 is 4.79 Å². The molecule has 174 valence electrons. The van der Waals surface area contributed by atoms with Gasteiger partial charge in [0.2, 0.25) is 5.91 Å². The molecule has 3 aromatic rings. The summed E-state index contributed by atoms with van der Waals surface area (Å²) in [5, 5.41) is 3.85. The molecular weight excluding hydrogens is 414 g/mol. The van der Waals surface area contributed by atoms with Crippen molar-refractivity contribution >= 4 is 22.5 Å². The monoisotopic (exact) mass is 447 g/mol. The van der Waals surface area contributed by atoms with Crippen molar-refractivity contribution in [3.8, 4) is 0 Å². The number of aryl methyl sites for hydroxylation is 1. The number of carbonyl (C=O) groups excluding carboxylic acids is 1. The molecule has 0 bridgehead atoms. The average Bonchev–Trinajstić information content (AvgIpc) is 2.85. The van der Waals surface area contributed by atoms with Crippen molar-refractivity contribution in [1.82, 2.24) is 19.8 Å². The summed E-state index contributed by atoms with van der Waals surface area (Å²) >= 11 is 0. The Hall–Kier alpha value is -3.45. The van der Waals surface area contributed by atoms with E-state index >= 15 is 0 Å². The van der Waals surface area contributed by atoms with Crippen molar-refractivity contribution in [1.29, 1.82) is 0 Å². The predicted octanol–water partition coefficient (Wildman–Crippen LogP) is 2.99. The zero-order valence-corrected chi connectivity index (χ0v) is 19.6. The molecule has 1 fully saturated rings. The highest BCUT2D eigenvalue weighted by molar-refractivity contribution is 5.84. The Kier molecular flexibility index (Phi) is 8.38. The Morgan fingerprint density at radius 3 is 2.55 bits per heavy atom. The number of anilines is 1. The van der Waals surface area contributed by atoms with Gasteiger partial charge in [0.25, 0.3) is 5.56 Å². The third-order valence-electron chi connectivity index (χ3n) is 5.86. The van der Waals surface area contributed by atoms with Crippen LogP contribution in [0.5, 0.6) is 0 Å². The number of piperazine rings is 1. The van der Waals surface area contributed by atoms with Crippen LogP contribution in [0.4, 0.5) is 5.69 Å². The van der Waals surface area contributed by atoms with Gasteiger partial charge in [-0.25, -0.2) is 4.98 Å². The van der Waals surface area contributed by atoms with E-state index in [9.17, 15) is 9.59 Å². The molecule has 7 nitrogen and oxygen atoms in total. The van der Waals surface area contributed by atoms with Gasteiger partial charge in [-0.05, 0) is 44.0 Å². The average molecular weight is 448 g/mol. The number of allylic oxidation sites excluding steroid dienone is 2. The molecule has 0 spiro atoms. The SMILES string of the molecule is C/C=C/CC(C(=O)N1CCNCC1)c1ccccc1.Cc1nc2ccc(N)cc2c(=O)n1C. The molecule has 0 saturated carbocycles. The molecular formula is C26H33N5O2. The number of nitrogens with one attached hydrogen (secondary N) is 1. The standard InChI is InChI=1S/C16H22N2O.C10H11N3O/c1-2-3-9-15(14-7-5-4-6-8-14)16(19)18-12-10-17-11-13-18;1-6-12-9-4-3-7(11)5-8(9)10(14)13(6)2/h2-8,15,17H,9-13H2,1H3;3-5H,11H2,1-2H3/b3-2+;. The molecule has 1 aromatic heterocycles. The fourth-order valence-corrected chi connectivity index (χ4v) is 3.84. The van der Waals surface area contributed by atoms with Crippen molar-refractivity contribution in [2.75, 3.05) is 31.9 Å². The van der Waals surface area contributed by atoms with Crippen LogP contribution in [0.2, 0.25) is 0 Å². The Balaban J connectivity index is 0.000000194. The number of fused-ring (bicyclic) bond motifs is 1. The van der Waals surface area contributed by atoms with Gasteiger partial charge in [-0.2, -0.15) is 0 Å². The van der Waals surface area contributed by atoms with Crippen molar-refractivity contribution in [3.63, 3.8) is 0 Å². The molecule has 2 aromatic carbocycles. The molecule has 1 aliphatic heterocycles. The lowest BCUT2D eigenvalue weighted by atomic mass is 9.93. The van der Waals surface area contributed by atoms with Crippen LogP contribution in [0.15, 0.2) is 65.5 Å². The van der Waals surface area contributed by atoms with Crippen molar-refractivity contribution in [3.05, 3.63) is 82.4 Å². The summed E-state index contributed by atoms with van der Waals surface area (Å²) in [4.78, 5) is 30.7. The smallest absolute Gasteiger partial charge is 0.261 e. The first kappa shape index (κ1) is 24.2. The van der Waals surface area contributed by atoms with Gasteiger partial charge >= 0.3 is 0 Å². The van der Waals surface area contributed by atoms with E-state index in [-0.39, 0.29) is 17.4 Å². The highest BCUT2D eigenvalue weighted by Gasteiger charge is 2.25. The fourth-order valence-electron chi connectivity index (χ4n) is 3.84. The molecule has 1 amide bonds. The minimum atomic E-state index is -0.0557. The third-order valence-corrected chi connectivity index (χ3v) is 5.86. The number of benzene rings is 2. The van der Waals surface area contributed by atoms with Gasteiger partial charge in [0.15, 0.2) is 0 Å². The first-order chi connectivity index (χ1) is 15.9.